The summed E-state index contributed by atoms with van der Waals surface area (Å²) in [5, 5.41) is 10.3. The van der Waals surface area contributed by atoms with Crippen molar-refractivity contribution in [2.45, 2.75) is 31.5 Å². The molecular formula is C23H27BrF3N3O5S. The van der Waals surface area contributed by atoms with E-state index in [9.17, 15) is 26.4 Å². The van der Waals surface area contributed by atoms with Crippen molar-refractivity contribution in [2.75, 3.05) is 32.7 Å². The van der Waals surface area contributed by atoms with Gasteiger partial charge in [-0.1, -0.05) is 40.2 Å². The highest BCUT2D eigenvalue weighted by Crippen LogP contribution is 2.24. The average molecular weight is 594 g/mol. The lowest BCUT2D eigenvalue weighted by Crippen LogP contribution is -2.50. The van der Waals surface area contributed by atoms with E-state index < -0.39 is 22.2 Å². The largest absolute Gasteiger partial charge is 0.490 e. The van der Waals surface area contributed by atoms with Gasteiger partial charge in [-0.15, -0.1) is 0 Å². The molecule has 13 heteroatoms. The number of carboxylic acid groups (broad SMARTS) is 1. The molecule has 2 N–H and O–H groups in total. The van der Waals surface area contributed by atoms with E-state index in [1.807, 2.05) is 37.3 Å². The van der Waals surface area contributed by atoms with Gasteiger partial charge < -0.3 is 15.3 Å². The molecule has 0 atom stereocenters. The normalized spacial score (nSPS) is 14.2. The number of halogens is 4. The molecule has 1 heterocycles. The maximum absolute atomic E-state index is 13.5. The molecule has 0 spiro atoms. The van der Waals surface area contributed by atoms with Crippen molar-refractivity contribution in [1.82, 2.24) is 14.5 Å². The van der Waals surface area contributed by atoms with Crippen molar-refractivity contribution in [3.8, 4) is 0 Å². The number of aliphatic carboxylic acids is 1. The second-order valence-electron chi connectivity index (χ2n) is 8.10. The van der Waals surface area contributed by atoms with E-state index >= 15 is 0 Å². The molecular weight excluding hydrogens is 567 g/mol. The van der Waals surface area contributed by atoms with E-state index in [0.29, 0.717) is 18.7 Å². The Morgan fingerprint density at radius 1 is 1.08 bits per heavy atom. The number of carboxylic acids is 1. The van der Waals surface area contributed by atoms with Crippen molar-refractivity contribution < 1.29 is 36.3 Å². The molecule has 1 amide bonds. The average Bonchev–Trinajstić information content (AvgIpc) is 2.81. The first kappa shape index (κ1) is 29.7. The zero-order valence-electron chi connectivity index (χ0n) is 19.7. The van der Waals surface area contributed by atoms with Crippen molar-refractivity contribution in [3.05, 3.63) is 63.6 Å². The lowest BCUT2D eigenvalue weighted by molar-refractivity contribution is -0.192. The Morgan fingerprint density at radius 3 is 2.17 bits per heavy atom. The summed E-state index contributed by atoms with van der Waals surface area (Å²) in [5.41, 5.74) is 2.37. The van der Waals surface area contributed by atoms with Crippen LogP contribution >= 0.6 is 15.9 Å². The highest BCUT2D eigenvalue weighted by atomic mass is 79.9. The lowest BCUT2D eigenvalue weighted by atomic mass is 10.2. The minimum absolute atomic E-state index is 0.140. The van der Waals surface area contributed by atoms with Gasteiger partial charge in [-0.05, 0) is 48.7 Å². The number of nitrogens with one attached hydrogen (secondary N) is 1. The molecule has 0 aliphatic carbocycles. The van der Waals surface area contributed by atoms with Gasteiger partial charge in [0.05, 0.1) is 11.4 Å². The number of carbonyl (C=O) groups excluding carboxylic acids is 1. The smallest absolute Gasteiger partial charge is 0.475 e. The van der Waals surface area contributed by atoms with Gasteiger partial charge in [0.15, 0.2) is 0 Å². The summed E-state index contributed by atoms with van der Waals surface area (Å²) in [6.45, 7) is 6.24. The number of sulfonamides is 1. The number of piperazine rings is 1. The van der Waals surface area contributed by atoms with E-state index in [-0.39, 0.29) is 23.9 Å². The zero-order chi connectivity index (χ0) is 27.1. The van der Waals surface area contributed by atoms with Gasteiger partial charge in [0, 0.05) is 37.2 Å². The number of hydrogen-bond donors (Lipinski definition) is 2. The van der Waals surface area contributed by atoms with Crippen LogP contribution in [0.15, 0.2) is 51.8 Å². The van der Waals surface area contributed by atoms with Crippen LogP contribution < -0.4 is 5.32 Å². The zero-order valence-corrected chi connectivity index (χ0v) is 22.1. The molecule has 1 aliphatic heterocycles. The van der Waals surface area contributed by atoms with Gasteiger partial charge in [0.2, 0.25) is 15.9 Å². The van der Waals surface area contributed by atoms with Gasteiger partial charge in [-0.3, -0.25) is 4.79 Å². The van der Waals surface area contributed by atoms with Gasteiger partial charge in [-0.25, -0.2) is 13.2 Å². The Morgan fingerprint density at radius 2 is 1.64 bits per heavy atom. The second kappa shape index (κ2) is 12.7. The molecule has 0 saturated carbocycles. The molecule has 3 rings (SSSR count). The Balaban J connectivity index is 0.000000572. The van der Waals surface area contributed by atoms with Crippen LogP contribution in [-0.2, 0) is 26.2 Å². The highest BCUT2D eigenvalue weighted by Gasteiger charge is 2.38. The van der Waals surface area contributed by atoms with E-state index in [1.165, 1.54) is 4.31 Å². The van der Waals surface area contributed by atoms with Crippen molar-refractivity contribution in [3.63, 3.8) is 0 Å². The number of hydrogen-bond acceptors (Lipinski definition) is 5. The van der Waals surface area contributed by atoms with Gasteiger partial charge in [-0.2, -0.15) is 17.5 Å². The predicted octanol–water partition coefficient (Wildman–Crippen LogP) is 3.32. The number of rotatable bonds is 6. The number of benzene rings is 2. The Kier molecular flexibility index (Phi) is 10.5. The van der Waals surface area contributed by atoms with E-state index in [1.54, 1.807) is 24.0 Å². The quantitative estimate of drug-likeness (QED) is 0.532. The van der Waals surface area contributed by atoms with Crippen LogP contribution in [0.5, 0.6) is 0 Å². The maximum Gasteiger partial charge on any atom is 0.490 e. The van der Waals surface area contributed by atoms with E-state index in [0.717, 1.165) is 28.7 Å². The van der Waals surface area contributed by atoms with Gasteiger partial charge >= 0.3 is 12.1 Å². The summed E-state index contributed by atoms with van der Waals surface area (Å²) in [6, 6.07) is 12.8. The van der Waals surface area contributed by atoms with E-state index in [2.05, 4.69) is 21.2 Å². The lowest BCUT2D eigenvalue weighted by Gasteiger charge is -2.30. The van der Waals surface area contributed by atoms with Gasteiger partial charge in [0.1, 0.15) is 0 Å². The molecule has 1 aliphatic rings. The summed E-state index contributed by atoms with van der Waals surface area (Å²) in [7, 11) is -3.84. The first-order valence-corrected chi connectivity index (χ1v) is 13.1. The highest BCUT2D eigenvalue weighted by molar-refractivity contribution is 9.10. The molecule has 0 radical (unpaired) electrons. The number of alkyl halides is 3. The molecule has 0 unspecified atom stereocenters. The summed E-state index contributed by atoms with van der Waals surface area (Å²) in [4.78, 5) is 23.7. The standard InChI is InChI=1S/C21H26BrN3O3S.C2HF3O2/c1-16-3-4-17(2)20(13-16)29(27,28)25(14-18-5-7-19(22)8-6-18)15-21(26)24-11-9-23-10-12-24;3-2(4,5)1(6)7/h3-8,13,23H,9-12,14-15H2,1-2H3;(H,6,7). The fourth-order valence-corrected chi connectivity index (χ4v) is 5.26. The third-order valence-corrected chi connectivity index (χ3v) is 7.72. The monoisotopic (exact) mass is 593 g/mol. The van der Waals surface area contributed by atoms with Gasteiger partial charge in [0.25, 0.3) is 0 Å². The summed E-state index contributed by atoms with van der Waals surface area (Å²) < 4.78 is 61.0. The van der Waals surface area contributed by atoms with Crippen LogP contribution in [-0.4, -0.2) is 73.5 Å². The fraction of sp³-hybridized carbons (Fsp3) is 0.391. The molecule has 0 bridgehead atoms. The minimum Gasteiger partial charge on any atom is -0.475 e. The number of carbonyl (C=O) groups is 2. The molecule has 1 saturated heterocycles. The molecule has 36 heavy (non-hydrogen) atoms. The molecule has 2 aromatic rings. The third kappa shape index (κ3) is 8.57. The van der Waals surface area contributed by atoms with Crippen molar-refractivity contribution in [1.29, 1.82) is 0 Å². The van der Waals surface area contributed by atoms with Crippen LogP contribution in [0.3, 0.4) is 0 Å². The molecule has 2 aromatic carbocycles. The number of aryl methyl sites for hydroxylation is 2. The number of nitrogens with zero attached hydrogens (tertiary/aromatic N) is 2. The predicted molar refractivity (Wildman–Crippen MR) is 131 cm³/mol. The molecule has 1 fully saturated rings. The van der Waals surface area contributed by atoms with Crippen LogP contribution in [0.4, 0.5) is 13.2 Å². The topological polar surface area (TPSA) is 107 Å². The molecule has 8 nitrogen and oxygen atoms in total. The summed E-state index contributed by atoms with van der Waals surface area (Å²) >= 11 is 3.40. The van der Waals surface area contributed by atoms with Crippen LogP contribution in [0.2, 0.25) is 0 Å². The Hall–Kier alpha value is -2.48. The Bertz CT molecular complexity index is 1170. The molecule has 198 valence electrons. The number of amides is 1. The SMILES string of the molecule is Cc1ccc(C)c(S(=O)(=O)N(CC(=O)N2CCNCC2)Cc2ccc(Br)cc2)c1.O=C(O)C(F)(F)F. The maximum atomic E-state index is 13.5. The van der Waals surface area contributed by atoms with Crippen molar-refractivity contribution >= 4 is 37.8 Å². The van der Waals surface area contributed by atoms with Crippen LogP contribution in [0.25, 0.3) is 0 Å². The fourth-order valence-electron chi connectivity index (χ4n) is 3.31. The van der Waals surface area contributed by atoms with E-state index in [4.69, 9.17) is 9.90 Å². The Labute approximate surface area is 216 Å². The minimum atomic E-state index is -5.08. The first-order chi connectivity index (χ1) is 16.7. The first-order valence-electron chi connectivity index (χ1n) is 10.8. The summed E-state index contributed by atoms with van der Waals surface area (Å²) in [6.07, 6.45) is -5.08. The second-order valence-corrected chi connectivity index (χ2v) is 10.9. The van der Waals surface area contributed by atoms with Crippen molar-refractivity contribution in [2.24, 2.45) is 0 Å². The van der Waals surface area contributed by atoms with Crippen LogP contribution in [0.1, 0.15) is 16.7 Å². The third-order valence-electron chi connectivity index (χ3n) is 5.26. The molecule has 0 aromatic heterocycles. The summed E-state index contributed by atoms with van der Waals surface area (Å²) in [5.74, 6) is -2.93. The van der Waals surface area contributed by atoms with Crippen LogP contribution in [0, 0.1) is 13.8 Å².